The number of rotatable bonds is 8. The van der Waals surface area contributed by atoms with Crippen LogP contribution >= 0.6 is 0 Å². The lowest BCUT2D eigenvalue weighted by molar-refractivity contribution is -0.140. The number of benzene rings is 1. The van der Waals surface area contributed by atoms with E-state index < -0.39 is 12.0 Å². The molecule has 7 nitrogen and oxygen atoms in total. The number of nitrogens with one attached hydrogen (secondary N) is 2. The van der Waals surface area contributed by atoms with Gasteiger partial charge in [-0.15, -0.1) is 0 Å². The Labute approximate surface area is 166 Å². The van der Waals surface area contributed by atoms with Crippen LogP contribution in [0.15, 0.2) is 36.4 Å². The Hall–Kier alpha value is -2.67. The molecule has 0 radical (unpaired) electrons. The molecule has 1 amide bonds. The van der Waals surface area contributed by atoms with Gasteiger partial charge in [-0.1, -0.05) is 59.2 Å². The molecule has 0 aliphatic carbocycles. The standard InChI is InChI=1S/C21H30N4O3/c1-6-14(2)19(20(27)28)22-13-18(26)23-17-12-16(21(3,4)5)24-25(17)15-10-8-7-9-11-15/h7-12,14,19,22H,6,13H2,1-5H3,(H,23,26)(H,27,28)/t14-,19-/m0/s1. The third-order valence-corrected chi connectivity index (χ3v) is 4.71. The van der Waals surface area contributed by atoms with Crippen molar-refractivity contribution in [3.05, 3.63) is 42.1 Å². The van der Waals surface area contributed by atoms with Crippen molar-refractivity contribution < 1.29 is 14.7 Å². The van der Waals surface area contributed by atoms with Gasteiger partial charge in [0.2, 0.25) is 5.91 Å². The lowest BCUT2D eigenvalue weighted by Gasteiger charge is -2.19. The molecule has 0 saturated carbocycles. The van der Waals surface area contributed by atoms with E-state index in [9.17, 15) is 14.7 Å². The van der Waals surface area contributed by atoms with Gasteiger partial charge in [-0.05, 0) is 18.1 Å². The van der Waals surface area contributed by atoms with Crippen LogP contribution in [0, 0.1) is 5.92 Å². The Morgan fingerprint density at radius 1 is 1.21 bits per heavy atom. The van der Waals surface area contributed by atoms with Gasteiger partial charge in [-0.3, -0.25) is 14.9 Å². The highest BCUT2D eigenvalue weighted by atomic mass is 16.4. The monoisotopic (exact) mass is 386 g/mol. The number of aromatic nitrogens is 2. The number of anilines is 1. The van der Waals surface area contributed by atoms with Crippen molar-refractivity contribution >= 4 is 17.7 Å². The number of nitrogens with zero attached hydrogens (tertiary/aromatic N) is 2. The Kier molecular flexibility index (Phi) is 6.96. The summed E-state index contributed by atoms with van der Waals surface area (Å²) in [6.45, 7) is 9.86. The first-order valence-electron chi connectivity index (χ1n) is 9.55. The summed E-state index contributed by atoms with van der Waals surface area (Å²) in [5.41, 5.74) is 1.51. The molecule has 0 aliphatic rings. The topological polar surface area (TPSA) is 96.3 Å². The van der Waals surface area contributed by atoms with Crippen molar-refractivity contribution in [2.24, 2.45) is 5.92 Å². The van der Waals surface area contributed by atoms with E-state index in [4.69, 9.17) is 0 Å². The number of hydrogen-bond acceptors (Lipinski definition) is 4. The smallest absolute Gasteiger partial charge is 0.320 e. The van der Waals surface area contributed by atoms with Crippen molar-refractivity contribution in [2.75, 3.05) is 11.9 Å². The summed E-state index contributed by atoms with van der Waals surface area (Å²) in [5, 5.41) is 19.7. The van der Waals surface area contributed by atoms with Crippen LogP contribution in [0.2, 0.25) is 0 Å². The second-order valence-electron chi connectivity index (χ2n) is 8.04. The van der Waals surface area contributed by atoms with E-state index in [0.29, 0.717) is 12.2 Å². The fraction of sp³-hybridized carbons (Fsp3) is 0.476. The zero-order valence-electron chi connectivity index (χ0n) is 17.2. The van der Waals surface area contributed by atoms with Crippen LogP contribution < -0.4 is 10.6 Å². The summed E-state index contributed by atoms with van der Waals surface area (Å²) in [5.74, 6) is -0.787. The second-order valence-corrected chi connectivity index (χ2v) is 8.04. The van der Waals surface area contributed by atoms with Crippen LogP contribution in [0.5, 0.6) is 0 Å². The SMILES string of the molecule is CC[C@H](C)[C@H](NCC(=O)Nc1cc(C(C)(C)C)nn1-c1ccccc1)C(=O)O. The van der Waals surface area contributed by atoms with E-state index in [-0.39, 0.29) is 23.8 Å². The summed E-state index contributed by atoms with van der Waals surface area (Å²) in [4.78, 5) is 23.9. The van der Waals surface area contributed by atoms with Crippen LogP contribution in [0.25, 0.3) is 5.69 Å². The summed E-state index contributed by atoms with van der Waals surface area (Å²) in [6, 6.07) is 10.7. The van der Waals surface area contributed by atoms with Crippen molar-refractivity contribution in [1.82, 2.24) is 15.1 Å². The first-order valence-corrected chi connectivity index (χ1v) is 9.55. The van der Waals surface area contributed by atoms with Crippen molar-refractivity contribution in [1.29, 1.82) is 0 Å². The van der Waals surface area contributed by atoms with E-state index in [2.05, 4.69) is 36.5 Å². The highest BCUT2D eigenvalue weighted by Gasteiger charge is 2.25. The molecule has 28 heavy (non-hydrogen) atoms. The number of hydrogen-bond donors (Lipinski definition) is 3. The van der Waals surface area contributed by atoms with Gasteiger partial charge in [-0.25, -0.2) is 4.68 Å². The summed E-state index contributed by atoms with van der Waals surface area (Å²) in [7, 11) is 0. The molecule has 0 aliphatic heterocycles. The molecule has 2 rings (SSSR count). The zero-order chi connectivity index (χ0) is 20.9. The average Bonchev–Trinajstić information content (AvgIpc) is 3.06. The molecule has 2 aromatic rings. The molecule has 152 valence electrons. The minimum Gasteiger partial charge on any atom is -0.480 e. The minimum absolute atomic E-state index is 0.0763. The molecule has 0 spiro atoms. The van der Waals surface area contributed by atoms with E-state index >= 15 is 0 Å². The molecular formula is C21H30N4O3. The Balaban J connectivity index is 2.19. The molecule has 0 bridgehead atoms. The van der Waals surface area contributed by atoms with Crippen molar-refractivity contribution in [2.45, 2.75) is 52.5 Å². The van der Waals surface area contributed by atoms with Gasteiger partial charge in [0.05, 0.1) is 17.9 Å². The molecule has 7 heteroatoms. The molecule has 3 N–H and O–H groups in total. The average molecular weight is 386 g/mol. The van der Waals surface area contributed by atoms with Gasteiger partial charge < -0.3 is 10.4 Å². The zero-order valence-corrected chi connectivity index (χ0v) is 17.2. The van der Waals surface area contributed by atoms with Crippen LogP contribution in [0.4, 0.5) is 5.82 Å². The normalized spacial score (nSPS) is 13.8. The Bertz CT molecular complexity index is 809. The molecule has 1 heterocycles. The Morgan fingerprint density at radius 2 is 1.86 bits per heavy atom. The maximum absolute atomic E-state index is 12.5. The van der Waals surface area contributed by atoms with E-state index in [0.717, 1.165) is 11.4 Å². The van der Waals surface area contributed by atoms with Crippen LogP contribution in [0.1, 0.15) is 46.7 Å². The molecule has 1 aromatic heterocycles. The van der Waals surface area contributed by atoms with E-state index in [1.807, 2.05) is 50.2 Å². The summed E-state index contributed by atoms with van der Waals surface area (Å²) >= 11 is 0. The van der Waals surface area contributed by atoms with Crippen LogP contribution in [-0.4, -0.2) is 39.4 Å². The van der Waals surface area contributed by atoms with E-state index in [1.165, 1.54) is 0 Å². The third kappa shape index (κ3) is 5.42. The molecule has 1 aromatic carbocycles. The number of amides is 1. The van der Waals surface area contributed by atoms with Gasteiger partial charge >= 0.3 is 5.97 Å². The number of aliphatic carboxylic acids is 1. The fourth-order valence-corrected chi connectivity index (χ4v) is 2.76. The van der Waals surface area contributed by atoms with Gasteiger partial charge in [0.15, 0.2) is 0 Å². The van der Waals surface area contributed by atoms with Crippen molar-refractivity contribution in [3.8, 4) is 5.69 Å². The maximum Gasteiger partial charge on any atom is 0.320 e. The molecule has 0 unspecified atom stereocenters. The number of carbonyl (C=O) groups is 2. The maximum atomic E-state index is 12.5. The van der Waals surface area contributed by atoms with Gasteiger partial charge in [0, 0.05) is 11.5 Å². The molecule has 0 saturated heterocycles. The predicted octanol–water partition coefficient (Wildman–Crippen LogP) is 3.20. The predicted molar refractivity (Wildman–Crippen MR) is 110 cm³/mol. The first-order chi connectivity index (χ1) is 13.1. The molecular weight excluding hydrogens is 356 g/mol. The van der Waals surface area contributed by atoms with E-state index in [1.54, 1.807) is 4.68 Å². The number of carboxylic acid groups (broad SMARTS) is 1. The number of carbonyl (C=O) groups excluding carboxylic acids is 1. The highest BCUT2D eigenvalue weighted by Crippen LogP contribution is 2.26. The van der Waals surface area contributed by atoms with Gasteiger partial charge in [0.25, 0.3) is 0 Å². The second kappa shape index (κ2) is 9.01. The number of carboxylic acids is 1. The lowest BCUT2D eigenvalue weighted by atomic mass is 9.92. The minimum atomic E-state index is -0.952. The Morgan fingerprint density at radius 3 is 2.39 bits per heavy atom. The fourth-order valence-electron chi connectivity index (χ4n) is 2.76. The molecule has 0 fully saturated rings. The number of para-hydroxylation sites is 1. The van der Waals surface area contributed by atoms with Gasteiger partial charge in [-0.2, -0.15) is 5.10 Å². The quantitative estimate of drug-likeness (QED) is 0.647. The largest absolute Gasteiger partial charge is 0.480 e. The van der Waals surface area contributed by atoms with Gasteiger partial charge in [0.1, 0.15) is 11.9 Å². The third-order valence-electron chi connectivity index (χ3n) is 4.71. The first kappa shape index (κ1) is 21.6. The van der Waals surface area contributed by atoms with Crippen LogP contribution in [-0.2, 0) is 15.0 Å². The highest BCUT2D eigenvalue weighted by molar-refractivity contribution is 5.92. The lowest BCUT2D eigenvalue weighted by Crippen LogP contribution is -2.45. The van der Waals surface area contributed by atoms with Crippen molar-refractivity contribution in [3.63, 3.8) is 0 Å². The summed E-state index contributed by atoms with van der Waals surface area (Å²) in [6.07, 6.45) is 0.710. The van der Waals surface area contributed by atoms with Crippen LogP contribution in [0.3, 0.4) is 0 Å². The molecule has 2 atom stereocenters. The summed E-state index contributed by atoms with van der Waals surface area (Å²) < 4.78 is 1.70.